The highest BCUT2D eigenvalue weighted by Gasteiger charge is 2.35. The molecule has 0 saturated heterocycles. The van der Waals surface area contributed by atoms with E-state index in [1.165, 1.54) is 30.6 Å². The minimum absolute atomic E-state index is 0.0587. The fourth-order valence-electron chi connectivity index (χ4n) is 2.87. The van der Waals surface area contributed by atoms with Gasteiger partial charge in [-0.2, -0.15) is 0 Å². The number of aromatic nitrogens is 1. The van der Waals surface area contributed by atoms with Gasteiger partial charge in [0.2, 0.25) is 0 Å². The Bertz CT molecular complexity index is 510. The molecule has 1 aromatic rings. The second-order valence-corrected chi connectivity index (χ2v) is 7.65. The van der Waals surface area contributed by atoms with E-state index in [2.05, 4.69) is 34.4 Å². The lowest BCUT2D eigenvalue weighted by Crippen LogP contribution is -2.42. The van der Waals surface area contributed by atoms with E-state index < -0.39 is 0 Å². The molecule has 2 aliphatic rings. The third-order valence-corrected chi connectivity index (χ3v) is 5.44. The average Bonchev–Trinajstić information content (AvgIpc) is 3.40. The highest BCUT2D eigenvalue weighted by Crippen LogP contribution is 2.41. The van der Waals surface area contributed by atoms with Crippen molar-refractivity contribution in [2.75, 3.05) is 19.6 Å². The van der Waals surface area contributed by atoms with Crippen molar-refractivity contribution in [3.8, 4) is 0 Å². The summed E-state index contributed by atoms with van der Waals surface area (Å²) >= 11 is 1.69. The number of urea groups is 1. The summed E-state index contributed by atoms with van der Waals surface area (Å²) in [5.74, 6) is 0.565. The molecule has 1 aromatic heterocycles. The fourth-order valence-corrected chi connectivity index (χ4v) is 3.79. The van der Waals surface area contributed by atoms with Gasteiger partial charge in [-0.1, -0.05) is 6.92 Å². The maximum atomic E-state index is 12.2. The molecule has 2 fully saturated rings. The fraction of sp³-hybridized carbons (Fsp3) is 0.750. The Kier molecular flexibility index (Phi) is 4.98. The molecule has 122 valence electrons. The first-order valence-electron chi connectivity index (χ1n) is 8.38. The number of likely N-dealkylation sites (N-methyl/N-ethyl adjacent to an activating group) is 1. The summed E-state index contributed by atoms with van der Waals surface area (Å²) in [5.41, 5.74) is 0. The monoisotopic (exact) mass is 322 g/mol. The molecule has 0 aromatic carbocycles. The number of thiazole rings is 1. The number of carbonyl (C=O) groups is 1. The van der Waals surface area contributed by atoms with Gasteiger partial charge in [-0.05, 0) is 45.1 Å². The van der Waals surface area contributed by atoms with Crippen LogP contribution in [0.1, 0.15) is 48.5 Å². The SMILES string of the molecule is CCN(CCNC(=O)N[C@H](c1ncc(C)s1)C1CC1)C1CC1. The molecule has 2 N–H and O–H groups in total. The van der Waals surface area contributed by atoms with Crippen LogP contribution in [-0.2, 0) is 0 Å². The van der Waals surface area contributed by atoms with E-state index in [-0.39, 0.29) is 12.1 Å². The summed E-state index contributed by atoms with van der Waals surface area (Å²) in [6, 6.07) is 0.786. The summed E-state index contributed by atoms with van der Waals surface area (Å²) < 4.78 is 0. The predicted octanol–water partition coefficient (Wildman–Crippen LogP) is 2.69. The summed E-state index contributed by atoms with van der Waals surface area (Å²) in [4.78, 5) is 20.3. The Morgan fingerprint density at radius 3 is 2.77 bits per heavy atom. The number of amides is 2. The van der Waals surface area contributed by atoms with Crippen LogP contribution in [0.15, 0.2) is 6.20 Å². The van der Waals surface area contributed by atoms with Crippen LogP contribution in [0, 0.1) is 12.8 Å². The topological polar surface area (TPSA) is 57.3 Å². The molecule has 5 nitrogen and oxygen atoms in total. The Labute approximate surface area is 136 Å². The lowest BCUT2D eigenvalue weighted by atomic mass is 10.2. The number of aryl methyl sites for hydroxylation is 1. The third kappa shape index (κ3) is 4.20. The van der Waals surface area contributed by atoms with E-state index in [0.29, 0.717) is 12.5 Å². The van der Waals surface area contributed by atoms with Crippen molar-refractivity contribution in [3.05, 3.63) is 16.1 Å². The van der Waals surface area contributed by atoms with Crippen LogP contribution < -0.4 is 10.6 Å². The van der Waals surface area contributed by atoms with Gasteiger partial charge < -0.3 is 10.6 Å². The molecule has 22 heavy (non-hydrogen) atoms. The maximum absolute atomic E-state index is 12.2. The molecule has 0 aliphatic heterocycles. The molecule has 2 amide bonds. The zero-order chi connectivity index (χ0) is 15.5. The van der Waals surface area contributed by atoms with Gasteiger partial charge in [-0.3, -0.25) is 4.90 Å². The van der Waals surface area contributed by atoms with Crippen molar-refractivity contribution in [1.29, 1.82) is 0 Å². The van der Waals surface area contributed by atoms with Gasteiger partial charge in [0.25, 0.3) is 0 Å². The van der Waals surface area contributed by atoms with Crippen molar-refractivity contribution < 1.29 is 4.79 Å². The number of nitrogens with one attached hydrogen (secondary N) is 2. The van der Waals surface area contributed by atoms with Crippen molar-refractivity contribution >= 4 is 17.4 Å². The second kappa shape index (κ2) is 6.96. The van der Waals surface area contributed by atoms with E-state index in [9.17, 15) is 4.79 Å². The largest absolute Gasteiger partial charge is 0.337 e. The summed E-state index contributed by atoms with van der Waals surface area (Å²) in [6.45, 7) is 6.97. The Morgan fingerprint density at radius 2 is 2.23 bits per heavy atom. The molecular formula is C16H26N4OS. The summed E-state index contributed by atoms with van der Waals surface area (Å²) in [7, 11) is 0. The van der Waals surface area contributed by atoms with Gasteiger partial charge in [0.1, 0.15) is 5.01 Å². The molecule has 2 saturated carbocycles. The van der Waals surface area contributed by atoms with Crippen LogP contribution in [-0.4, -0.2) is 41.6 Å². The lowest BCUT2D eigenvalue weighted by Gasteiger charge is -2.21. The summed E-state index contributed by atoms with van der Waals surface area (Å²) in [6.07, 6.45) is 6.90. The first-order chi connectivity index (χ1) is 10.7. The molecule has 0 unspecified atom stereocenters. The molecule has 1 heterocycles. The molecular weight excluding hydrogens is 296 g/mol. The maximum Gasteiger partial charge on any atom is 0.315 e. The normalized spacial score (nSPS) is 19.2. The predicted molar refractivity (Wildman–Crippen MR) is 89.1 cm³/mol. The van der Waals surface area contributed by atoms with Gasteiger partial charge in [-0.15, -0.1) is 11.3 Å². The van der Waals surface area contributed by atoms with E-state index >= 15 is 0 Å². The van der Waals surface area contributed by atoms with Crippen LogP contribution in [0.2, 0.25) is 0 Å². The molecule has 0 bridgehead atoms. The van der Waals surface area contributed by atoms with Crippen molar-refractivity contribution in [2.45, 2.75) is 51.6 Å². The molecule has 0 radical (unpaired) electrons. The quantitative estimate of drug-likeness (QED) is 0.774. The zero-order valence-electron chi connectivity index (χ0n) is 13.5. The molecule has 6 heteroatoms. The van der Waals surface area contributed by atoms with Crippen LogP contribution in [0.25, 0.3) is 0 Å². The van der Waals surface area contributed by atoms with Gasteiger partial charge >= 0.3 is 6.03 Å². The number of hydrogen-bond donors (Lipinski definition) is 2. The van der Waals surface area contributed by atoms with Crippen LogP contribution in [0.3, 0.4) is 0 Å². The lowest BCUT2D eigenvalue weighted by molar-refractivity contribution is 0.230. The van der Waals surface area contributed by atoms with Crippen LogP contribution in [0.4, 0.5) is 4.79 Å². The van der Waals surface area contributed by atoms with Gasteiger partial charge in [0, 0.05) is 30.2 Å². The van der Waals surface area contributed by atoms with Crippen molar-refractivity contribution in [1.82, 2.24) is 20.5 Å². The minimum atomic E-state index is -0.0587. The van der Waals surface area contributed by atoms with E-state index in [0.717, 1.165) is 24.1 Å². The minimum Gasteiger partial charge on any atom is -0.337 e. The highest BCUT2D eigenvalue weighted by atomic mass is 32.1. The molecule has 0 spiro atoms. The molecule has 1 atom stereocenters. The van der Waals surface area contributed by atoms with Gasteiger partial charge in [0.15, 0.2) is 0 Å². The van der Waals surface area contributed by atoms with E-state index in [1.807, 2.05) is 6.20 Å². The summed E-state index contributed by atoms with van der Waals surface area (Å²) in [5, 5.41) is 7.17. The number of rotatable bonds is 8. The first-order valence-corrected chi connectivity index (χ1v) is 9.19. The Balaban J connectivity index is 1.45. The average molecular weight is 322 g/mol. The standard InChI is InChI=1S/C16H26N4OS/c1-3-20(13-6-7-13)9-8-17-16(21)19-14(12-4-5-12)15-18-10-11(2)22-15/h10,12-14H,3-9H2,1-2H3,(H2,17,19,21)/t14-/m0/s1. The first kappa shape index (κ1) is 15.7. The van der Waals surface area contributed by atoms with Crippen molar-refractivity contribution in [3.63, 3.8) is 0 Å². The molecule has 3 rings (SSSR count). The van der Waals surface area contributed by atoms with Crippen molar-refractivity contribution in [2.24, 2.45) is 5.92 Å². The number of nitrogens with zero attached hydrogens (tertiary/aromatic N) is 2. The Hall–Kier alpha value is -1.14. The molecule has 2 aliphatic carbocycles. The number of carbonyl (C=O) groups excluding carboxylic acids is 1. The van der Waals surface area contributed by atoms with Crippen LogP contribution in [0.5, 0.6) is 0 Å². The van der Waals surface area contributed by atoms with E-state index in [1.54, 1.807) is 11.3 Å². The van der Waals surface area contributed by atoms with E-state index in [4.69, 9.17) is 0 Å². The second-order valence-electron chi connectivity index (χ2n) is 6.38. The van der Waals surface area contributed by atoms with Gasteiger partial charge in [0.05, 0.1) is 6.04 Å². The Morgan fingerprint density at radius 1 is 1.45 bits per heavy atom. The van der Waals surface area contributed by atoms with Crippen LogP contribution >= 0.6 is 11.3 Å². The zero-order valence-corrected chi connectivity index (χ0v) is 14.3. The highest BCUT2D eigenvalue weighted by molar-refractivity contribution is 7.11. The smallest absolute Gasteiger partial charge is 0.315 e. The van der Waals surface area contributed by atoms with Gasteiger partial charge in [-0.25, -0.2) is 9.78 Å². The number of hydrogen-bond acceptors (Lipinski definition) is 4. The third-order valence-electron chi connectivity index (χ3n) is 4.44.